The van der Waals surface area contributed by atoms with Crippen LogP contribution in [0.2, 0.25) is 30.7 Å². The summed E-state index contributed by atoms with van der Waals surface area (Å²) in [6.07, 6.45) is 3.84. The number of thiazole rings is 1. The van der Waals surface area contributed by atoms with E-state index in [-0.39, 0.29) is 0 Å². The van der Waals surface area contributed by atoms with Gasteiger partial charge in [-0.15, -0.1) is 16.4 Å². The fourth-order valence-corrected chi connectivity index (χ4v) is 6.69. The van der Waals surface area contributed by atoms with Crippen molar-refractivity contribution in [1.29, 1.82) is 0 Å². The fourth-order valence-electron chi connectivity index (χ4n) is 4.68. The Labute approximate surface area is 262 Å². The fraction of sp³-hybridized carbons (Fsp3) is 0.419. The van der Waals surface area contributed by atoms with E-state index < -0.39 is 14.4 Å². The van der Waals surface area contributed by atoms with Crippen molar-refractivity contribution in [2.75, 3.05) is 19.8 Å². The molecule has 9 nitrogen and oxygen atoms in total. The Bertz CT molecular complexity index is 1650. The molecule has 0 aliphatic rings. The van der Waals surface area contributed by atoms with Gasteiger partial charge >= 0.3 is 0 Å². The van der Waals surface area contributed by atoms with Crippen molar-refractivity contribution < 1.29 is 14.2 Å². The van der Waals surface area contributed by atoms with Gasteiger partial charge in [-0.3, -0.25) is 0 Å². The zero-order valence-electron chi connectivity index (χ0n) is 25.6. The Morgan fingerprint density at radius 1 is 1.02 bits per heavy atom. The number of ether oxygens (including phenoxy) is 3. The van der Waals surface area contributed by atoms with Crippen LogP contribution in [0.25, 0.3) is 26.8 Å². The molecule has 0 radical (unpaired) electrons. The molecule has 12 heteroatoms. The first kappa shape index (κ1) is 31.5. The number of aryl methyl sites for hydroxylation is 1. The first-order valence-corrected chi connectivity index (χ1v) is 19.5. The van der Waals surface area contributed by atoms with Gasteiger partial charge in [-0.25, -0.2) is 19.2 Å². The highest BCUT2D eigenvalue weighted by molar-refractivity contribution is 7.18. The quantitative estimate of drug-likeness (QED) is 0.0701. The van der Waals surface area contributed by atoms with E-state index in [4.69, 9.17) is 41.0 Å². The molecule has 0 fully saturated rings. The lowest BCUT2D eigenvalue weighted by Crippen LogP contribution is -2.22. The molecule has 43 heavy (non-hydrogen) atoms. The van der Waals surface area contributed by atoms with Gasteiger partial charge in [0.25, 0.3) is 0 Å². The summed E-state index contributed by atoms with van der Waals surface area (Å²) in [5.41, 5.74) is 5.73. The second-order valence-electron chi connectivity index (χ2n) is 11.5. The van der Waals surface area contributed by atoms with Crippen LogP contribution in [0.3, 0.4) is 0 Å². The maximum atomic E-state index is 6.17. The maximum Gasteiger partial charge on any atom is 0.193 e. The number of rotatable bonds is 14. The van der Waals surface area contributed by atoms with Crippen molar-refractivity contribution in [3.8, 4) is 21.3 Å². The van der Waals surface area contributed by atoms with Gasteiger partial charge in [0.05, 0.1) is 27.3 Å². The van der Waals surface area contributed by atoms with Crippen LogP contribution >= 0.6 is 22.9 Å². The van der Waals surface area contributed by atoms with Crippen LogP contribution in [0.1, 0.15) is 42.7 Å². The molecule has 0 N–H and O–H groups in total. The molecule has 1 aromatic carbocycles. The standard InChI is InChI=1S/C31H39ClN6O3SSi/c1-7-40-31(41-8-2)23-13-14-38-26(18-23)27(21(3)35-38)30-34-25(17-22-9-11-24(32)12-10-22)28(42-30)29-33-19-37(36-29)20-39-15-16-43(4,5)6/h9-14,18-19,31H,7-8,15-17,20H2,1-6H3. The van der Waals surface area contributed by atoms with E-state index in [9.17, 15) is 0 Å². The molecule has 4 heterocycles. The minimum absolute atomic E-state index is 0.367. The molecule has 0 saturated carbocycles. The van der Waals surface area contributed by atoms with Crippen LogP contribution in [0.4, 0.5) is 0 Å². The topological polar surface area (TPSA) is 88.6 Å². The number of nitrogens with zero attached hydrogens (tertiary/aromatic N) is 6. The van der Waals surface area contributed by atoms with Gasteiger partial charge in [0.2, 0.25) is 0 Å². The average Bonchev–Trinajstić information content (AvgIpc) is 3.67. The molecule has 5 aromatic rings. The Morgan fingerprint density at radius 3 is 2.47 bits per heavy atom. The van der Waals surface area contributed by atoms with Crippen molar-refractivity contribution in [3.63, 3.8) is 0 Å². The number of halogens is 1. The Morgan fingerprint density at radius 2 is 1.77 bits per heavy atom. The molecular weight excluding hydrogens is 600 g/mol. The molecule has 0 aliphatic heterocycles. The second kappa shape index (κ2) is 13.8. The lowest BCUT2D eigenvalue weighted by Gasteiger charge is -2.17. The summed E-state index contributed by atoms with van der Waals surface area (Å²) >= 11 is 7.74. The first-order chi connectivity index (χ1) is 20.6. The molecular formula is C31H39ClN6O3SSi. The molecule has 0 aliphatic carbocycles. The van der Waals surface area contributed by atoms with E-state index in [0.29, 0.717) is 37.2 Å². The largest absolute Gasteiger partial charge is 0.359 e. The zero-order chi connectivity index (χ0) is 30.6. The predicted octanol–water partition coefficient (Wildman–Crippen LogP) is 7.65. The predicted molar refractivity (Wildman–Crippen MR) is 174 cm³/mol. The molecule has 0 spiro atoms. The highest BCUT2D eigenvalue weighted by Crippen LogP contribution is 2.39. The van der Waals surface area contributed by atoms with E-state index >= 15 is 0 Å². The zero-order valence-corrected chi connectivity index (χ0v) is 28.2. The molecule has 5 rings (SSSR count). The molecule has 0 unspecified atom stereocenters. The summed E-state index contributed by atoms with van der Waals surface area (Å²) < 4.78 is 21.3. The molecule has 0 amide bonds. The summed E-state index contributed by atoms with van der Waals surface area (Å²) in [7, 11) is -1.16. The number of aromatic nitrogens is 6. The smallest absolute Gasteiger partial charge is 0.193 e. The van der Waals surface area contributed by atoms with E-state index in [0.717, 1.165) is 56.1 Å². The monoisotopic (exact) mass is 638 g/mol. The number of hydrogen-bond donors (Lipinski definition) is 0. The van der Waals surface area contributed by atoms with Gasteiger partial charge in [0.1, 0.15) is 18.1 Å². The lowest BCUT2D eigenvalue weighted by atomic mass is 10.1. The van der Waals surface area contributed by atoms with Gasteiger partial charge in [-0.2, -0.15) is 5.10 Å². The van der Waals surface area contributed by atoms with E-state index in [1.807, 2.05) is 61.8 Å². The SMILES string of the molecule is CCOC(OCC)c1ccn2nc(C)c(-c3nc(Cc4ccc(Cl)cc4)c(-c4ncn(COCC[Si](C)(C)C)n4)s3)c2c1. The lowest BCUT2D eigenvalue weighted by molar-refractivity contribution is -0.140. The van der Waals surface area contributed by atoms with Gasteiger partial charge < -0.3 is 14.2 Å². The van der Waals surface area contributed by atoms with E-state index in [1.54, 1.807) is 22.3 Å². The summed E-state index contributed by atoms with van der Waals surface area (Å²) in [6, 6.07) is 13.0. The number of pyridine rings is 1. The Kier molecular flexibility index (Phi) is 10.1. The molecule has 0 bridgehead atoms. The van der Waals surface area contributed by atoms with E-state index in [1.165, 1.54) is 0 Å². The van der Waals surface area contributed by atoms with E-state index in [2.05, 4.69) is 30.7 Å². The van der Waals surface area contributed by atoms with Crippen molar-refractivity contribution in [3.05, 3.63) is 76.5 Å². The highest BCUT2D eigenvalue weighted by Gasteiger charge is 2.23. The van der Waals surface area contributed by atoms with Gasteiger partial charge in [-0.1, -0.05) is 43.4 Å². The molecule has 0 atom stereocenters. The maximum absolute atomic E-state index is 6.17. The van der Waals surface area contributed by atoms with Gasteiger partial charge in [-0.05, 0) is 56.6 Å². The summed E-state index contributed by atoms with van der Waals surface area (Å²) in [6.45, 7) is 15.2. The van der Waals surface area contributed by atoms with Crippen molar-refractivity contribution in [1.82, 2.24) is 29.4 Å². The van der Waals surface area contributed by atoms with Crippen LogP contribution in [-0.2, 0) is 27.4 Å². The van der Waals surface area contributed by atoms with Gasteiger partial charge in [0, 0.05) is 51.1 Å². The summed E-state index contributed by atoms with van der Waals surface area (Å²) in [5, 5.41) is 11.1. The molecule has 228 valence electrons. The summed E-state index contributed by atoms with van der Waals surface area (Å²) in [4.78, 5) is 10.8. The van der Waals surface area contributed by atoms with Crippen LogP contribution < -0.4 is 0 Å². The second-order valence-corrected chi connectivity index (χ2v) is 18.6. The Balaban J connectivity index is 1.52. The van der Waals surface area contributed by atoms with Gasteiger partial charge in [0.15, 0.2) is 12.1 Å². The summed E-state index contributed by atoms with van der Waals surface area (Å²) in [5.74, 6) is 0.629. The minimum Gasteiger partial charge on any atom is -0.359 e. The number of benzene rings is 1. The highest BCUT2D eigenvalue weighted by atomic mass is 35.5. The minimum atomic E-state index is -1.16. The van der Waals surface area contributed by atoms with Crippen molar-refractivity contribution in [2.45, 2.75) is 65.9 Å². The third-order valence-corrected chi connectivity index (χ3v) is 9.97. The van der Waals surface area contributed by atoms with Crippen LogP contribution in [0.15, 0.2) is 48.9 Å². The third-order valence-electron chi connectivity index (χ3n) is 6.90. The Hall–Kier alpha value is -2.93. The van der Waals surface area contributed by atoms with Crippen molar-refractivity contribution >= 4 is 36.5 Å². The molecule has 0 saturated heterocycles. The first-order valence-electron chi connectivity index (χ1n) is 14.6. The number of hydrogen-bond acceptors (Lipinski definition) is 8. The average molecular weight is 639 g/mol. The van der Waals surface area contributed by atoms with Crippen LogP contribution in [0.5, 0.6) is 0 Å². The normalized spacial score (nSPS) is 12.2. The van der Waals surface area contributed by atoms with Crippen LogP contribution in [0, 0.1) is 6.92 Å². The van der Waals surface area contributed by atoms with Crippen molar-refractivity contribution in [2.24, 2.45) is 0 Å². The third kappa shape index (κ3) is 7.78. The van der Waals surface area contributed by atoms with Crippen LogP contribution in [-0.4, -0.2) is 57.3 Å². The number of fused-ring (bicyclic) bond motifs is 1. The molecule has 4 aromatic heterocycles.